The number of carbonyl (C=O) groups is 1. The zero-order valence-corrected chi connectivity index (χ0v) is 20.3. The zero-order chi connectivity index (χ0) is 21.9. The maximum Gasteiger partial charge on any atom is 0.266 e. The van der Waals surface area contributed by atoms with Gasteiger partial charge in [0.25, 0.3) is 5.91 Å². The molecule has 1 heterocycles. The van der Waals surface area contributed by atoms with Gasteiger partial charge in [0.15, 0.2) is 21.6 Å². The lowest BCUT2D eigenvalue weighted by molar-refractivity contribution is -0.120. The third kappa shape index (κ3) is 6.39. The van der Waals surface area contributed by atoms with Crippen molar-refractivity contribution >= 4 is 54.8 Å². The Labute approximate surface area is 193 Å². The molecule has 1 aromatic heterocycles. The summed E-state index contributed by atoms with van der Waals surface area (Å²) in [5, 5.41) is 0.524. The van der Waals surface area contributed by atoms with Gasteiger partial charge in [0.1, 0.15) is 5.75 Å². The van der Waals surface area contributed by atoms with Crippen LogP contribution in [-0.4, -0.2) is 64.3 Å². The highest BCUT2D eigenvalue weighted by Crippen LogP contribution is 2.31. The first-order valence-electron chi connectivity index (χ1n) is 9.39. The van der Waals surface area contributed by atoms with Crippen LogP contribution in [0.4, 0.5) is 5.13 Å². The molecule has 0 bridgehead atoms. The summed E-state index contributed by atoms with van der Waals surface area (Å²) < 4.78 is 30.2. The fraction of sp³-hybridized carbons (Fsp3) is 0.333. The number of carbonyl (C=O) groups excluding carboxylic acids is 1. The smallest absolute Gasteiger partial charge is 0.266 e. The van der Waals surface area contributed by atoms with Crippen molar-refractivity contribution in [2.75, 3.05) is 44.9 Å². The Morgan fingerprint density at radius 2 is 1.84 bits per heavy atom. The van der Waals surface area contributed by atoms with Gasteiger partial charge in [-0.2, -0.15) is 0 Å². The van der Waals surface area contributed by atoms with Crippen molar-refractivity contribution in [2.24, 2.45) is 0 Å². The van der Waals surface area contributed by atoms with Crippen LogP contribution in [0.25, 0.3) is 10.2 Å². The molecular weight excluding hydrogens is 458 g/mol. The van der Waals surface area contributed by atoms with Gasteiger partial charge in [-0.1, -0.05) is 29.5 Å². The molecule has 3 rings (SSSR count). The van der Waals surface area contributed by atoms with Gasteiger partial charge in [-0.25, -0.2) is 13.4 Å². The van der Waals surface area contributed by atoms with Crippen molar-refractivity contribution in [1.82, 2.24) is 9.88 Å². The first-order chi connectivity index (χ1) is 14.1. The molecule has 0 fully saturated rings. The van der Waals surface area contributed by atoms with Gasteiger partial charge in [0.05, 0.1) is 15.1 Å². The summed E-state index contributed by atoms with van der Waals surface area (Å²) in [5.74, 6) is 0.461. The number of anilines is 1. The predicted molar refractivity (Wildman–Crippen MR) is 128 cm³/mol. The van der Waals surface area contributed by atoms with Gasteiger partial charge < -0.3 is 9.64 Å². The summed E-state index contributed by atoms with van der Waals surface area (Å²) in [5.41, 5.74) is 1.61. The van der Waals surface area contributed by atoms with Gasteiger partial charge in [0, 0.05) is 19.3 Å². The van der Waals surface area contributed by atoms with Crippen molar-refractivity contribution in [1.29, 1.82) is 0 Å². The molecule has 3 aromatic rings. The summed E-state index contributed by atoms with van der Waals surface area (Å²) in [7, 11) is 0.553. The minimum Gasteiger partial charge on any atom is -0.483 e. The van der Waals surface area contributed by atoms with Crippen molar-refractivity contribution in [3.8, 4) is 5.75 Å². The molecular formula is C21H26ClN3O4S2. The van der Waals surface area contributed by atoms with Crippen molar-refractivity contribution in [3.63, 3.8) is 0 Å². The number of nitrogens with zero attached hydrogens (tertiary/aromatic N) is 3. The fourth-order valence-electron chi connectivity index (χ4n) is 2.80. The van der Waals surface area contributed by atoms with Gasteiger partial charge in [-0.15, -0.1) is 12.4 Å². The molecule has 7 nitrogen and oxygen atoms in total. The topological polar surface area (TPSA) is 79.8 Å². The predicted octanol–water partition coefficient (Wildman–Crippen LogP) is 3.40. The summed E-state index contributed by atoms with van der Waals surface area (Å²) in [6, 6.07) is 12.3. The molecule has 0 saturated heterocycles. The van der Waals surface area contributed by atoms with E-state index in [1.807, 2.05) is 50.2 Å². The highest BCUT2D eigenvalue weighted by Gasteiger charge is 2.21. The van der Waals surface area contributed by atoms with Crippen LogP contribution in [0, 0.1) is 6.92 Å². The Morgan fingerprint density at radius 1 is 1.13 bits per heavy atom. The van der Waals surface area contributed by atoms with Crippen molar-refractivity contribution < 1.29 is 17.9 Å². The third-order valence-corrected chi connectivity index (χ3v) is 6.68. The van der Waals surface area contributed by atoms with Crippen LogP contribution >= 0.6 is 23.7 Å². The number of ether oxygens (including phenoxy) is 1. The molecule has 0 aliphatic rings. The average molecular weight is 484 g/mol. The SMILES string of the molecule is Cc1ccccc1OCC(=O)N(CCN(C)C)c1nc2ccc(S(C)(=O)=O)cc2s1.Cl. The number of fused-ring (bicyclic) bond motifs is 1. The minimum atomic E-state index is -3.31. The largest absolute Gasteiger partial charge is 0.483 e. The molecule has 2 aromatic carbocycles. The molecule has 1 amide bonds. The van der Waals surface area contributed by atoms with Crippen LogP contribution in [0.15, 0.2) is 47.4 Å². The van der Waals surface area contributed by atoms with E-state index in [4.69, 9.17) is 4.74 Å². The molecule has 31 heavy (non-hydrogen) atoms. The normalized spacial score (nSPS) is 11.4. The van der Waals surface area contributed by atoms with Gasteiger partial charge in [0.2, 0.25) is 0 Å². The second-order valence-corrected chi connectivity index (χ2v) is 10.3. The zero-order valence-electron chi connectivity index (χ0n) is 17.9. The van der Waals surface area contributed by atoms with Crippen LogP contribution in [0.3, 0.4) is 0 Å². The maximum absolute atomic E-state index is 13.0. The van der Waals surface area contributed by atoms with Crippen LogP contribution in [0.1, 0.15) is 5.56 Å². The van der Waals surface area contributed by atoms with E-state index in [1.165, 1.54) is 23.7 Å². The highest BCUT2D eigenvalue weighted by molar-refractivity contribution is 7.90. The van der Waals surface area contributed by atoms with Crippen molar-refractivity contribution in [2.45, 2.75) is 11.8 Å². The number of amides is 1. The molecule has 0 spiro atoms. The molecule has 0 unspecified atom stereocenters. The Bertz CT molecular complexity index is 1160. The quantitative estimate of drug-likeness (QED) is 0.488. The average Bonchev–Trinajstić information content (AvgIpc) is 3.09. The van der Waals surface area contributed by atoms with E-state index in [1.54, 1.807) is 17.0 Å². The first kappa shape index (κ1) is 25.1. The molecule has 0 radical (unpaired) electrons. The lowest BCUT2D eigenvalue weighted by Crippen LogP contribution is -2.39. The minimum absolute atomic E-state index is 0. The Morgan fingerprint density at radius 3 is 2.48 bits per heavy atom. The van der Waals surface area contributed by atoms with Gasteiger partial charge in [-0.05, 0) is 50.8 Å². The number of halogens is 1. The van der Waals surface area contributed by atoms with E-state index in [0.717, 1.165) is 10.3 Å². The molecule has 0 atom stereocenters. The van der Waals surface area contributed by atoms with Gasteiger partial charge in [-0.3, -0.25) is 9.69 Å². The summed E-state index contributed by atoms with van der Waals surface area (Å²) in [6.45, 7) is 2.92. The van der Waals surface area contributed by atoms with Crippen LogP contribution in [0.5, 0.6) is 5.75 Å². The number of sulfone groups is 1. The van der Waals surface area contributed by atoms with E-state index >= 15 is 0 Å². The second kappa shape index (κ2) is 10.4. The molecule has 0 aliphatic heterocycles. The number of hydrogen-bond donors (Lipinski definition) is 0. The summed E-state index contributed by atoms with van der Waals surface area (Å²) in [4.78, 5) is 21.4. The van der Waals surface area contributed by atoms with Crippen LogP contribution < -0.4 is 9.64 Å². The van der Waals surface area contributed by atoms with E-state index in [-0.39, 0.29) is 29.8 Å². The van der Waals surface area contributed by atoms with E-state index in [9.17, 15) is 13.2 Å². The number of rotatable bonds is 8. The number of aryl methyl sites for hydroxylation is 1. The number of thiazole rings is 1. The number of aromatic nitrogens is 1. The van der Waals surface area contributed by atoms with E-state index in [2.05, 4.69) is 4.98 Å². The standard InChI is InChI=1S/C21H25N3O4S2.ClH/c1-15-7-5-6-8-18(15)28-14-20(25)24(12-11-23(2)3)21-22-17-10-9-16(30(4,26)27)13-19(17)29-21;/h5-10,13H,11-12,14H2,1-4H3;1H. The molecule has 0 aliphatic carbocycles. The van der Waals surface area contributed by atoms with Crippen LogP contribution in [0.2, 0.25) is 0 Å². The summed E-state index contributed by atoms with van der Waals surface area (Å²) in [6.07, 6.45) is 1.17. The fourth-order valence-corrected chi connectivity index (χ4v) is 4.57. The molecule has 0 N–H and O–H groups in total. The van der Waals surface area contributed by atoms with Gasteiger partial charge >= 0.3 is 0 Å². The van der Waals surface area contributed by atoms with E-state index < -0.39 is 9.84 Å². The monoisotopic (exact) mass is 483 g/mol. The lowest BCUT2D eigenvalue weighted by atomic mass is 10.2. The molecule has 168 valence electrons. The summed E-state index contributed by atoms with van der Waals surface area (Å²) >= 11 is 1.30. The highest BCUT2D eigenvalue weighted by atomic mass is 35.5. The Hall–Kier alpha value is -2.20. The number of likely N-dealkylation sites (N-methyl/N-ethyl adjacent to an activating group) is 1. The molecule has 0 saturated carbocycles. The number of benzene rings is 2. The van der Waals surface area contributed by atoms with Crippen molar-refractivity contribution in [3.05, 3.63) is 48.0 Å². The number of para-hydroxylation sites is 1. The number of hydrogen-bond acceptors (Lipinski definition) is 7. The molecule has 10 heteroatoms. The Balaban J connectivity index is 0.00000341. The van der Waals surface area contributed by atoms with Crippen LogP contribution in [-0.2, 0) is 14.6 Å². The third-order valence-electron chi connectivity index (χ3n) is 4.52. The second-order valence-electron chi connectivity index (χ2n) is 7.30. The first-order valence-corrected chi connectivity index (χ1v) is 12.1. The van der Waals surface area contributed by atoms with E-state index in [0.29, 0.717) is 29.5 Å². The Kier molecular flexibility index (Phi) is 8.41. The maximum atomic E-state index is 13.0. The lowest BCUT2D eigenvalue weighted by Gasteiger charge is -2.22.